The Morgan fingerprint density at radius 1 is 1.12 bits per heavy atom. The Kier molecular flexibility index (Phi) is 4.53. The van der Waals surface area contributed by atoms with E-state index < -0.39 is 0 Å². The molecule has 0 fully saturated rings. The third-order valence-corrected chi connectivity index (χ3v) is 3.76. The van der Waals surface area contributed by atoms with Gasteiger partial charge < -0.3 is 0 Å². The topological polar surface area (TPSA) is 25.8 Å². The molecule has 0 unspecified atom stereocenters. The molecular formula is C11H7Br2FN2S. The first-order chi connectivity index (χ1) is 8.15. The van der Waals surface area contributed by atoms with Crippen molar-refractivity contribution in [3.8, 4) is 0 Å². The maximum atomic E-state index is 13.4. The molecule has 0 saturated carbocycles. The van der Waals surface area contributed by atoms with Crippen molar-refractivity contribution in [2.45, 2.75) is 10.6 Å². The van der Waals surface area contributed by atoms with Crippen LogP contribution in [0.4, 0.5) is 4.39 Å². The maximum Gasteiger partial charge on any atom is 0.141 e. The summed E-state index contributed by atoms with van der Waals surface area (Å²) in [5.41, 5.74) is 0. The summed E-state index contributed by atoms with van der Waals surface area (Å²) in [7, 11) is 0. The van der Waals surface area contributed by atoms with Crippen LogP contribution in [0.3, 0.4) is 0 Å². The molecule has 2 nitrogen and oxygen atoms in total. The molecule has 0 saturated heterocycles. The van der Waals surface area contributed by atoms with Crippen molar-refractivity contribution < 1.29 is 4.39 Å². The van der Waals surface area contributed by atoms with E-state index in [9.17, 15) is 4.39 Å². The minimum Gasteiger partial charge on any atom is -0.225 e. The van der Waals surface area contributed by atoms with Gasteiger partial charge in [0.25, 0.3) is 0 Å². The number of thioether (sulfide) groups is 1. The molecule has 0 atom stereocenters. The summed E-state index contributed by atoms with van der Waals surface area (Å²) in [5, 5.41) is 0. The Labute approximate surface area is 119 Å². The Morgan fingerprint density at radius 3 is 2.41 bits per heavy atom. The van der Waals surface area contributed by atoms with Gasteiger partial charge >= 0.3 is 0 Å². The van der Waals surface area contributed by atoms with E-state index in [0.717, 1.165) is 0 Å². The van der Waals surface area contributed by atoms with Crippen LogP contribution in [0.2, 0.25) is 0 Å². The van der Waals surface area contributed by atoms with Crippen molar-refractivity contribution in [3.63, 3.8) is 0 Å². The lowest BCUT2D eigenvalue weighted by molar-refractivity contribution is 0.602. The van der Waals surface area contributed by atoms with Crippen molar-refractivity contribution in [2.75, 3.05) is 0 Å². The second kappa shape index (κ2) is 5.93. The maximum absolute atomic E-state index is 13.4. The van der Waals surface area contributed by atoms with Gasteiger partial charge in [-0.3, -0.25) is 0 Å². The van der Waals surface area contributed by atoms with E-state index >= 15 is 0 Å². The molecule has 0 bridgehead atoms. The highest BCUT2D eigenvalue weighted by atomic mass is 79.9. The normalized spacial score (nSPS) is 10.5. The van der Waals surface area contributed by atoms with Crippen molar-refractivity contribution in [3.05, 3.63) is 51.2 Å². The number of halogens is 3. The number of hydrogen-bond acceptors (Lipinski definition) is 3. The Bertz CT molecular complexity index is 516. The van der Waals surface area contributed by atoms with E-state index in [0.29, 0.717) is 25.7 Å². The van der Waals surface area contributed by atoms with Gasteiger partial charge in [0.15, 0.2) is 0 Å². The summed E-state index contributed by atoms with van der Waals surface area (Å²) in [5.74, 6) is 0.963. The average molecular weight is 378 g/mol. The lowest BCUT2D eigenvalue weighted by Gasteiger charge is -2.03. The largest absolute Gasteiger partial charge is 0.225 e. The van der Waals surface area contributed by atoms with Gasteiger partial charge in [0.2, 0.25) is 0 Å². The van der Waals surface area contributed by atoms with Crippen LogP contribution in [0.15, 0.2) is 44.4 Å². The Morgan fingerprint density at radius 2 is 1.76 bits per heavy atom. The van der Waals surface area contributed by atoms with Crippen LogP contribution >= 0.6 is 43.6 Å². The molecule has 1 heterocycles. The predicted molar refractivity (Wildman–Crippen MR) is 73.4 cm³/mol. The number of benzene rings is 1. The standard InChI is InChI=1S/C11H7Br2FN2S/c12-9-5-10(13)16-11(15-9)6-17-8-4-2-1-3-7(8)14/h1-5H,6H2. The van der Waals surface area contributed by atoms with E-state index in [4.69, 9.17) is 0 Å². The average Bonchev–Trinajstić information content (AvgIpc) is 2.27. The SMILES string of the molecule is Fc1ccccc1SCc1nc(Br)cc(Br)n1. The zero-order valence-corrected chi connectivity index (χ0v) is 12.5. The first-order valence-electron chi connectivity index (χ1n) is 4.71. The summed E-state index contributed by atoms with van der Waals surface area (Å²) in [6, 6.07) is 8.43. The first kappa shape index (κ1) is 13.0. The Balaban J connectivity index is 2.10. The van der Waals surface area contributed by atoms with Gasteiger partial charge in [-0.25, -0.2) is 14.4 Å². The molecule has 2 rings (SSSR count). The molecule has 1 aromatic carbocycles. The van der Waals surface area contributed by atoms with E-state index in [-0.39, 0.29) is 5.82 Å². The highest BCUT2D eigenvalue weighted by Gasteiger charge is 2.05. The third kappa shape index (κ3) is 3.76. The number of hydrogen-bond donors (Lipinski definition) is 0. The molecular weight excluding hydrogens is 371 g/mol. The lowest BCUT2D eigenvalue weighted by Crippen LogP contribution is -1.94. The van der Waals surface area contributed by atoms with Gasteiger partial charge in [0.1, 0.15) is 20.8 Å². The van der Waals surface area contributed by atoms with Crippen LogP contribution in [-0.2, 0) is 5.75 Å². The van der Waals surface area contributed by atoms with Crippen LogP contribution in [0.1, 0.15) is 5.82 Å². The smallest absolute Gasteiger partial charge is 0.141 e. The third-order valence-electron chi connectivity index (χ3n) is 1.90. The predicted octanol–water partition coefficient (Wildman–Crippen LogP) is 4.43. The van der Waals surface area contributed by atoms with E-state index in [1.807, 2.05) is 6.07 Å². The molecule has 0 aliphatic heterocycles. The molecule has 1 aromatic heterocycles. The van der Waals surface area contributed by atoms with Crippen LogP contribution in [0.5, 0.6) is 0 Å². The number of aromatic nitrogens is 2. The van der Waals surface area contributed by atoms with Gasteiger partial charge in [0.05, 0.1) is 5.75 Å². The van der Waals surface area contributed by atoms with E-state index in [2.05, 4.69) is 41.8 Å². The van der Waals surface area contributed by atoms with Gasteiger partial charge in [-0.1, -0.05) is 12.1 Å². The summed E-state index contributed by atoms with van der Waals surface area (Å²) in [6.07, 6.45) is 0. The van der Waals surface area contributed by atoms with Crippen molar-refractivity contribution in [1.82, 2.24) is 9.97 Å². The van der Waals surface area contributed by atoms with Crippen LogP contribution in [0.25, 0.3) is 0 Å². The lowest BCUT2D eigenvalue weighted by atomic mass is 10.3. The molecule has 0 spiro atoms. The highest BCUT2D eigenvalue weighted by molar-refractivity contribution is 9.11. The van der Waals surface area contributed by atoms with Crippen LogP contribution < -0.4 is 0 Å². The van der Waals surface area contributed by atoms with Crippen molar-refractivity contribution in [1.29, 1.82) is 0 Å². The summed E-state index contributed by atoms with van der Waals surface area (Å²) in [6.45, 7) is 0. The number of nitrogens with zero attached hydrogens (tertiary/aromatic N) is 2. The number of rotatable bonds is 3. The second-order valence-electron chi connectivity index (χ2n) is 3.15. The molecule has 0 aliphatic rings. The molecule has 0 aliphatic carbocycles. The quantitative estimate of drug-likeness (QED) is 0.584. The molecule has 88 valence electrons. The monoisotopic (exact) mass is 376 g/mol. The molecule has 6 heteroatoms. The fourth-order valence-corrected chi connectivity index (χ4v) is 3.15. The fourth-order valence-electron chi connectivity index (χ4n) is 1.20. The Hall–Kier alpha value is -0.460. The summed E-state index contributed by atoms with van der Waals surface area (Å²) >= 11 is 7.95. The van der Waals surface area contributed by atoms with Crippen molar-refractivity contribution in [2.24, 2.45) is 0 Å². The zero-order valence-electron chi connectivity index (χ0n) is 8.53. The van der Waals surface area contributed by atoms with Crippen LogP contribution in [-0.4, -0.2) is 9.97 Å². The van der Waals surface area contributed by atoms with Crippen molar-refractivity contribution >= 4 is 43.6 Å². The second-order valence-corrected chi connectivity index (χ2v) is 5.79. The van der Waals surface area contributed by atoms with Gasteiger partial charge in [-0.15, -0.1) is 11.8 Å². The van der Waals surface area contributed by atoms with Crippen LogP contribution in [0, 0.1) is 5.82 Å². The first-order valence-corrected chi connectivity index (χ1v) is 7.28. The molecule has 0 radical (unpaired) electrons. The van der Waals surface area contributed by atoms with Gasteiger partial charge in [-0.05, 0) is 44.0 Å². The molecule has 0 N–H and O–H groups in total. The molecule has 2 aromatic rings. The highest BCUT2D eigenvalue weighted by Crippen LogP contribution is 2.25. The van der Waals surface area contributed by atoms with Gasteiger partial charge in [-0.2, -0.15) is 0 Å². The summed E-state index contributed by atoms with van der Waals surface area (Å²) in [4.78, 5) is 9.03. The fraction of sp³-hybridized carbons (Fsp3) is 0.0909. The molecule has 0 amide bonds. The zero-order chi connectivity index (χ0) is 12.3. The van der Waals surface area contributed by atoms with Gasteiger partial charge in [0, 0.05) is 11.0 Å². The molecule has 17 heavy (non-hydrogen) atoms. The minimum absolute atomic E-state index is 0.216. The summed E-state index contributed by atoms with van der Waals surface area (Å²) < 4.78 is 14.8. The minimum atomic E-state index is -0.216. The van der Waals surface area contributed by atoms with E-state index in [1.54, 1.807) is 18.2 Å². The van der Waals surface area contributed by atoms with E-state index in [1.165, 1.54) is 17.8 Å².